The Balaban J connectivity index is 3.46. The average molecular weight is 240 g/mol. The van der Waals surface area contributed by atoms with Crippen LogP contribution in [-0.4, -0.2) is 32.2 Å². The largest absolute Gasteiger partial charge is 0.379 e. The maximum atomic E-state index is 11.7. The minimum atomic E-state index is -2.43. The van der Waals surface area contributed by atoms with Crippen molar-refractivity contribution in [3.05, 3.63) is 0 Å². The Kier molecular flexibility index (Phi) is 9.09. The minimum absolute atomic E-state index is 0.431. The van der Waals surface area contributed by atoms with Crippen molar-refractivity contribution in [1.82, 2.24) is 0 Å². The second kappa shape index (κ2) is 8.78. The third-order valence-corrected chi connectivity index (χ3v) is 5.44. The predicted molar refractivity (Wildman–Crippen MR) is 63.3 cm³/mol. The molecular weight excluding hydrogens is 219 g/mol. The van der Waals surface area contributed by atoms with Crippen LogP contribution in [0.15, 0.2) is 0 Å². The van der Waals surface area contributed by atoms with Crippen LogP contribution in [0.4, 0.5) is 0 Å². The van der Waals surface area contributed by atoms with Gasteiger partial charge in [-0.05, 0) is 13.3 Å². The van der Waals surface area contributed by atoms with Gasteiger partial charge in [-0.15, -0.1) is 0 Å². The van der Waals surface area contributed by atoms with E-state index in [1.54, 1.807) is 6.66 Å². The molecule has 0 N–H and O–H groups in total. The monoisotopic (exact) mass is 240 g/mol. The summed E-state index contributed by atoms with van der Waals surface area (Å²) in [5.41, 5.74) is 0. The molecule has 0 aliphatic rings. The molecule has 3 nitrogen and oxygen atoms in total. The van der Waals surface area contributed by atoms with Crippen molar-refractivity contribution in [1.29, 1.82) is 0 Å². The molecule has 0 aromatic carbocycles. The molecule has 0 amide bonds. The zero-order valence-electron chi connectivity index (χ0n) is 9.32. The highest BCUT2D eigenvalue weighted by atomic mass is 32.7. The molecule has 1 unspecified atom stereocenters. The Bertz CT molecular complexity index is 175. The summed E-state index contributed by atoms with van der Waals surface area (Å²) in [4.78, 5) is 0. The molecule has 0 spiro atoms. The van der Waals surface area contributed by atoms with Gasteiger partial charge in [0.1, 0.15) is 0 Å². The van der Waals surface area contributed by atoms with E-state index in [-0.39, 0.29) is 0 Å². The highest BCUT2D eigenvalue weighted by Gasteiger charge is 2.15. The van der Waals surface area contributed by atoms with Gasteiger partial charge in [0, 0.05) is 19.0 Å². The predicted octanol–water partition coefficient (Wildman–Crippen LogP) is 3.40. The van der Waals surface area contributed by atoms with Gasteiger partial charge in [0.2, 0.25) is 0 Å². The highest BCUT2D eigenvalue weighted by molar-refractivity contribution is 8.56. The topological polar surface area (TPSA) is 35.5 Å². The van der Waals surface area contributed by atoms with Gasteiger partial charge in [-0.2, -0.15) is 0 Å². The Hall–Kier alpha value is 0.500. The first-order chi connectivity index (χ1) is 6.62. The summed E-state index contributed by atoms with van der Waals surface area (Å²) in [5, 5.41) is 0. The molecule has 0 heterocycles. The van der Waals surface area contributed by atoms with Crippen molar-refractivity contribution in [2.45, 2.75) is 26.7 Å². The fourth-order valence-corrected chi connectivity index (χ4v) is 3.88. The Morgan fingerprint density at radius 2 is 2.00 bits per heavy atom. The molecule has 0 rings (SSSR count). The maximum Gasteiger partial charge on any atom is 0.254 e. The van der Waals surface area contributed by atoms with Crippen LogP contribution in [0.5, 0.6) is 0 Å². The van der Waals surface area contributed by atoms with Gasteiger partial charge in [0.25, 0.3) is 6.57 Å². The molecule has 0 fully saturated rings. The highest BCUT2D eigenvalue weighted by Crippen LogP contribution is 2.56. The zero-order valence-corrected chi connectivity index (χ0v) is 11.0. The summed E-state index contributed by atoms with van der Waals surface area (Å²) in [6.45, 7) is 4.95. The SMILES string of the molecule is CCCCSP(C)(=O)OCCOCC. The van der Waals surface area contributed by atoms with Crippen LogP contribution in [0, 0.1) is 0 Å². The molecule has 1 atom stereocenters. The number of hydrogen-bond acceptors (Lipinski definition) is 4. The van der Waals surface area contributed by atoms with Gasteiger partial charge in [-0.1, -0.05) is 24.7 Å². The van der Waals surface area contributed by atoms with Crippen molar-refractivity contribution in [2.75, 3.05) is 32.2 Å². The molecule has 0 aromatic rings. The summed E-state index contributed by atoms with van der Waals surface area (Å²) >= 11 is 1.44. The third kappa shape index (κ3) is 9.07. The lowest BCUT2D eigenvalue weighted by molar-refractivity contribution is 0.113. The van der Waals surface area contributed by atoms with Gasteiger partial charge in [-0.25, -0.2) is 0 Å². The first kappa shape index (κ1) is 14.5. The van der Waals surface area contributed by atoms with Crippen molar-refractivity contribution in [3.8, 4) is 0 Å². The van der Waals surface area contributed by atoms with E-state index in [1.165, 1.54) is 11.4 Å². The molecular formula is C9H21O3PS. The Morgan fingerprint density at radius 3 is 2.57 bits per heavy atom. The Morgan fingerprint density at radius 1 is 1.29 bits per heavy atom. The molecule has 0 saturated carbocycles. The summed E-state index contributed by atoms with van der Waals surface area (Å²) in [6, 6.07) is 0. The summed E-state index contributed by atoms with van der Waals surface area (Å²) in [6.07, 6.45) is 2.23. The van der Waals surface area contributed by atoms with Crippen LogP contribution in [0.1, 0.15) is 26.7 Å². The maximum absolute atomic E-state index is 11.7. The third-order valence-electron chi connectivity index (χ3n) is 1.58. The normalized spacial score (nSPS) is 15.4. The lowest BCUT2D eigenvalue weighted by Gasteiger charge is -2.12. The van der Waals surface area contributed by atoms with Gasteiger partial charge in [0.15, 0.2) is 0 Å². The number of hydrogen-bond donors (Lipinski definition) is 0. The quantitative estimate of drug-likeness (QED) is 0.457. The van der Waals surface area contributed by atoms with E-state index >= 15 is 0 Å². The standard InChI is InChI=1S/C9H21O3PS/c1-4-6-9-14-13(3,10)12-8-7-11-5-2/h4-9H2,1-3H3. The first-order valence-electron chi connectivity index (χ1n) is 5.06. The van der Waals surface area contributed by atoms with E-state index in [0.717, 1.165) is 18.6 Å². The van der Waals surface area contributed by atoms with Crippen molar-refractivity contribution in [3.63, 3.8) is 0 Å². The van der Waals surface area contributed by atoms with Crippen LogP contribution in [0.3, 0.4) is 0 Å². The van der Waals surface area contributed by atoms with Crippen molar-refractivity contribution in [2.24, 2.45) is 0 Å². The number of ether oxygens (including phenoxy) is 1. The van der Waals surface area contributed by atoms with Gasteiger partial charge >= 0.3 is 0 Å². The van der Waals surface area contributed by atoms with E-state index in [9.17, 15) is 4.57 Å². The lowest BCUT2D eigenvalue weighted by atomic mass is 10.4. The van der Waals surface area contributed by atoms with Gasteiger partial charge in [-0.3, -0.25) is 4.57 Å². The molecule has 0 saturated heterocycles. The van der Waals surface area contributed by atoms with Crippen LogP contribution in [0.2, 0.25) is 0 Å². The van der Waals surface area contributed by atoms with Gasteiger partial charge < -0.3 is 9.26 Å². The summed E-state index contributed by atoms with van der Waals surface area (Å²) in [7, 11) is 0. The molecule has 0 aliphatic heterocycles. The second-order valence-corrected chi connectivity index (χ2v) is 8.22. The summed E-state index contributed by atoms with van der Waals surface area (Å²) < 4.78 is 22.1. The van der Waals surface area contributed by atoms with Crippen LogP contribution < -0.4 is 0 Å². The molecule has 5 heteroatoms. The first-order valence-corrected chi connectivity index (χ1v) is 8.73. The average Bonchev–Trinajstić information content (AvgIpc) is 2.13. The van der Waals surface area contributed by atoms with Crippen LogP contribution >= 0.6 is 18.0 Å². The van der Waals surface area contributed by atoms with E-state index in [4.69, 9.17) is 9.26 Å². The van der Waals surface area contributed by atoms with E-state index in [2.05, 4.69) is 6.92 Å². The summed E-state index contributed by atoms with van der Waals surface area (Å²) in [5.74, 6) is 0.916. The van der Waals surface area contributed by atoms with Crippen molar-refractivity contribution < 1.29 is 13.8 Å². The molecule has 0 aliphatic carbocycles. The molecule has 86 valence electrons. The lowest BCUT2D eigenvalue weighted by Crippen LogP contribution is -2.01. The second-order valence-electron chi connectivity index (χ2n) is 2.99. The minimum Gasteiger partial charge on any atom is -0.379 e. The van der Waals surface area contributed by atoms with Gasteiger partial charge in [0.05, 0.1) is 13.2 Å². The van der Waals surface area contributed by atoms with Crippen molar-refractivity contribution >= 4 is 18.0 Å². The molecule has 14 heavy (non-hydrogen) atoms. The Labute approximate surface area is 91.1 Å². The fourth-order valence-electron chi connectivity index (χ4n) is 0.818. The van der Waals surface area contributed by atoms with E-state index < -0.39 is 6.57 Å². The smallest absolute Gasteiger partial charge is 0.254 e. The fraction of sp³-hybridized carbons (Fsp3) is 1.00. The van der Waals surface area contributed by atoms with E-state index in [1.807, 2.05) is 6.92 Å². The van der Waals surface area contributed by atoms with Crippen LogP contribution in [-0.2, 0) is 13.8 Å². The van der Waals surface area contributed by atoms with E-state index in [0.29, 0.717) is 19.8 Å². The zero-order chi connectivity index (χ0) is 10.9. The number of rotatable bonds is 9. The number of unbranched alkanes of at least 4 members (excludes halogenated alkanes) is 1. The molecule has 0 aromatic heterocycles. The molecule has 0 bridgehead atoms. The van der Waals surface area contributed by atoms with Crippen LogP contribution in [0.25, 0.3) is 0 Å². The molecule has 0 radical (unpaired) electrons.